The van der Waals surface area contributed by atoms with Crippen LogP contribution in [0.4, 0.5) is 11.4 Å². The average Bonchev–Trinajstić information content (AvgIpc) is 3.17. The molecule has 0 spiro atoms. The molecule has 28 heavy (non-hydrogen) atoms. The molecule has 2 aliphatic heterocycles. The van der Waals surface area contributed by atoms with Crippen LogP contribution in [0.5, 0.6) is 0 Å². The van der Waals surface area contributed by atoms with Crippen molar-refractivity contribution in [3.63, 3.8) is 0 Å². The number of rotatable bonds is 5. The Morgan fingerprint density at radius 1 is 1.04 bits per heavy atom. The van der Waals surface area contributed by atoms with Crippen LogP contribution in [-0.4, -0.2) is 24.3 Å². The fourth-order valence-electron chi connectivity index (χ4n) is 3.56. The van der Waals surface area contributed by atoms with Gasteiger partial charge in [0.1, 0.15) is 6.54 Å². The first-order chi connectivity index (χ1) is 13.6. The van der Waals surface area contributed by atoms with Crippen LogP contribution in [0.1, 0.15) is 29.5 Å². The summed E-state index contributed by atoms with van der Waals surface area (Å²) in [5.41, 5.74) is 4.89. The van der Waals surface area contributed by atoms with Gasteiger partial charge < -0.3 is 20.9 Å². The molecule has 4 rings (SSSR count). The van der Waals surface area contributed by atoms with Crippen molar-refractivity contribution >= 4 is 29.1 Å². The molecule has 0 saturated heterocycles. The molecule has 0 aromatic heterocycles. The lowest BCUT2D eigenvalue weighted by atomic mass is 10.1. The number of hydrogen-bond acceptors (Lipinski definition) is 4. The van der Waals surface area contributed by atoms with Crippen LogP contribution in [0.2, 0.25) is 0 Å². The summed E-state index contributed by atoms with van der Waals surface area (Å²) < 4.78 is 0. The fourth-order valence-corrected chi connectivity index (χ4v) is 3.56. The Bertz CT molecular complexity index is 941. The van der Waals surface area contributed by atoms with E-state index in [0.717, 1.165) is 18.7 Å². The zero-order valence-corrected chi connectivity index (χ0v) is 15.5. The maximum Gasteiger partial charge on any atom is 0.244 e. The number of carbonyl (C=O) groups excluding carboxylic acids is 3. The molecule has 2 aliphatic rings. The van der Waals surface area contributed by atoms with E-state index in [0.29, 0.717) is 17.9 Å². The lowest BCUT2D eigenvalue weighted by molar-refractivity contribution is -0.125. The predicted molar refractivity (Wildman–Crippen MR) is 105 cm³/mol. The van der Waals surface area contributed by atoms with Crippen molar-refractivity contribution in [1.82, 2.24) is 10.6 Å². The van der Waals surface area contributed by atoms with Gasteiger partial charge in [0.15, 0.2) is 0 Å². The van der Waals surface area contributed by atoms with Crippen LogP contribution in [-0.2, 0) is 34.0 Å². The number of fused-ring (bicyclic) bond motifs is 2. The Balaban J connectivity index is 1.30. The van der Waals surface area contributed by atoms with Gasteiger partial charge in [0.2, 0.25) is 17.7 Å². The maximum absolute atomic E-state index is 12.6. The van der Waals surface area contributed by atoms with Crippen molar-refractivity contribution < 1.29 is 14.4 Å². The fraction of sp³-hybridized carbons (Fsp3) is 0.286. The molecule has 2 heterocycles. The topological polar surface area (TPSA) is 90.5 Å². The number of amides is 3. The van der Waals surface area contributed by atoms with Crippen LogP contribution < -0.4 is 20.9 Å². The third-order valence-electron chi connectivity index (χ3n) is 5.03. The summed E-state index contributed by atoms with van der Waals surface area (Å²) in [4.78, 5) is 38.0. The summed E-state index contributed by atoms with van der Waals surface area (Å²) in [7, 11) is 0. The number of benzene rings is 2. The molecule has 2 aromatic carbocycles. The van der Waals surface area contributed by atoms with E-state index in [4.69, 9.17) is 0 Å². The minimum Gasteiger partial charge on any atom is -0.352 e. The first-order valence-electron chi connectivity index (χ1n) is 9.37. The number of hydrogen-bond donors (Lipinski definition) is 3. The Morgan fingerprint density at radius 2 is 1.86 bits per heavy atom. The van der Waals surface area contributed by atoms with Crippen LogP contribution in [0, 0.1) is 0 Å². The second kappa shape index (κ2) is 7.82. The Hall–Kier alpha value is -3.19. The van der Waals surface area contributed by atoms with E-state index in [1.807, 2.05) is 12.1 Å². The normalized spacial score (nSPS) is 14.9. The van der Waals surface area contributed by atoms with Crippen molar-refractivity contribution in [3.8, 4) is 0 Å². The first-order valence-corrected chi connectivity index (χ1v) is 9.37. The SMILES string of the molecule is O=C(CCC(=O)N1CC(=O)Nc2ccccc21)NCc1ccc2c(c1)CNC2. The van der Waals surface area contributed by atoms with Gasteiger partial charge in [-0.3, -0.25) is 14.4 Å². The van der Waals surface area contributed by atoms with Gasteiger partial charge in [-0.2, -0.15) is 0 Å². The van der Waals surface area contributed by atoms with Gasteiger partial charge in [-0.1, -0.05) is 30.3 Å². The van der Waals surface area contributed by atoms with Gasteiger partial charge in [0.25, 0.3) is 0 Å². The highest BCUT2D eigenvalue weighted by atomic mass is 16.2. The minimum absolute atomic E-state index is 0.0272. The van der Waals surface area contributed by atoms with Crippen LogP contribution in [0.3, 0.4) is 0 Å². The van der Waals surface area contributed by atoms with Crippen LogP contribution in [0.15, 0.2) is 42.5 Å². The van der Waals surface area contributed by atoms with Crippen molar-refractivity contribution in [2.45, 2.75) is 32.5 Å². The summed E-state index contributed by atoms with van der Waals surface area (Å²) in [6.45, 7) is 2.16. The van der Waals surface area contributed by atoms with Gasteiger partial charge in [-0.05, 0) is 28.8 Å². The smallest absolute Gasteiger partial charge is 0.244 e. The van der Waals surface area contributed by atoms with E-state index in [9.17, 15) is 14.4 Å². The monoisotopic (exact) mass is 378 g/mol. The Kier molecular flexibility index (Phi) is 5.08. The second-order valence-electron chi connectivity index (χ2n) is 7.03. The van der Waals surface area contributed by atoms with Gasteiger partial charge >= 0.3 is 0 Å². The molecule has 2 aromatic rings. The van der Waals surface area contributed by atoms with Crippen LogP contribution in [0.25, 0.3) is 0 Å². The Labute approximate surface area is 163 Å². The molecule has 0 bridgehead atoms. The van der Waals surface area contributed by atoms with E-state index < -0.39 is 0 Å². The second-order valence-corrected chi connectivity index (χ2v) is 7.03. The molecule has 0 unspecified atom stereocenters. The number of nitrogens with one attached hydrogen (secondary N) is 3. The highest BCUT2D eigenvalue weighted by molar-refractivity contribution is 6.10. The number of nitrogens with zero attached hydrogens (tertiary/aromatic N) is 1. The molecule has 7 heteroatoms. The highest BCUT2D eigenvalue weighted by Gasteiger charge is 2.26. The van der Waals surface area contributed by atoms with Gasteiger partial charge in [0.05, 0.1) is 11.4 Å². The van der Waals surface area contributed by atoms with Crippen molar-refractivity contribution in [3.05, 3.63) is 59.2 Å². The number of carbonyl (C=O) groups is 3. The number of para-hydroxylation sites is 2. The van der Waals surface area contributed by atoms with Crippen molar-refractivity contribution in [2.75, 3.05) is 16.8 Å². The predicted octanol–water partition coefficient (Wildman–Crippen LogP) is 1.67. The Morgan fingerprint density at radius 3 is 2.75 bits per heavy atom. The van der Waals surface area contributed by atoms with Crippen molar-refractivity contribution in [1.29, 1.82) is 0 Å². The molecular weight excluding hydrogens is 356 g/mol. The quantitative estimate of drug-likeness (QED) is 0.738. The molecule has 0 aliphatic carbocycles. The zero-order valence-electron chi connectivity index (χ0n) is 15.5. The maximum atomic E-state index is 12.6. The first kappa shape index (κ1) is 18.2. The minimum atomic E-state index is -0.235. The number of anilines is 2. The summed E-state index contributed by atoms with van der Waals surface area (Å²) in [5.74, 6) is -0.648. The standard InChI is InChI=1S/C21H22N4O3/c26-19(23-10-14-5-6-15-11-22-12-16(15)9-14)7-8-21(28)25-13-20(27)24-17-3-1-2-4-18(17)25/h1-6,9,22H,7-8,10-13H2,(H,23,26)(H,24,27). The third-order valence-corrected chi connectivity index (χ3v) is 5.03. The zero-order chi connectivity index (χ0) is 19.5. The van der Waals surface area contributed by atoms with E-state index in [2.05, 4.69) is 28.1 Å². The molecule has 7 nitrogen and oxygen atoms in total. The third kappa shape index (κ3) is 3.89. The summed E-state index contributed by atoms with van der Waals surface area (Å²) in [6, 6.07) is 13.4. The lowest BCUT2D eigenvalue weighted by Gasteiger charge is -2.29. The van der Waals surface area contributed by atoms with E-state index in [-0.39, 0.29) is 37.1 Å². The van der Waals surface area contributed by atoms with Gasteiger partial charge in [-0.15, -0.1) is 0 Å². The molecular formula is C21H22N4O3. The summed E-state index contributed by atoms with van der Waals surface area (Å²) in [5, 5.41) is 8.91. The van der Waals surface area contributed by atoms with Gasteiger partial charge in [0, 0.05) is 32.5 Å². The summed E-state index contributed by atoms with van der Waals surface area (Å²) in [6.07, 6.45) is 0.146. The average molecular weight is 378 g/mol. The van der Waals surface area contributed by atoms with Crippen LogP contribution >= 0.6 is 0 Å². The molecule has 0 atom stereocenters. The molecule has 0 radical (unpaired) electrons. The highest BCUT2D eigenvalue weighted by Crippen LogP contribution is 2.29. The van der Waals surface area contributed by atoms with E-state index in [1.54, 1.807) is 18.2 Å². The molecule has 3 N–H and O–H groups in total. The van der Waals surface area contributed by atoms with E-state index >= 15 is 0 Å². The van der Waals surface area contributed by atoms with E-state index in [1.165, 1.54) is 16.0 Å². The molecule has 0 fully saturated rings. The molecule has 3 amide bonds. The molecule has 0 saturated carbocycles. The largest absolute Gasteiger partial charge is 0.352 e. The summed E-state index contributed by atoms with van der Waals surface area (Å²) >= 11 is 0. The van der Waals surface area contributed by atoms with Gasteiger partial charge in [-0.25, -0.2) is 0 Å². The molecule has 144 valence electrons. The van der Waals surface area contributed by atoms with Crippen molar-refractivity contribution in [2.24, 2.45) is 0 Å². The lowest BCUT2D eigenvalue weighted by Crippen LogP contribution is -2.42.